The molecule has 0 radical (unpaired) electrons. The number of nitrogens with one attached hydrogen (secondary N) is 2. The Kier molecular flexibility index (Phi) is 11.5. The summed E-state index contributed by atoms with van der Waals surface area (Å²) in [5, 5.41) is 13.7. The van der Waals surface area contributed by atoms with Crippen molar-refractivity contribution in [3.05, 3.63) is 0 Å². The van der Waals surface area contributed by atoms with E-state index >= 15 is 0 Å². The quantitative estimate of drug-likeness (QED) is 0.388. The van der Waals surface area contributed by atoms with Gasteiger partial charge in [0, 0.05) is 0 Å². The molecule has 0 aromatic rings. The number of aldehydes is 1. The molecule has 0 aromatic heterocycles. The first kappa shape index (κ1) is 29.4. The number of ether oxygens (including phenoxy) is 2. The summed E-state index contributed by atoms with van der Waals surface area (Å²) in [7, 11) is 0. The van der Waals surface area contributed by atoms with Gasteiger partial charge in [-0.25, -0.2) is 9.59 Å². The number of rotatable bonds is 8. The molecule has 0 aromatic carbocycles. The average molecular weight is 480 g/mol. The van der Waals surface area contributed by atoms with Crippen molar-refractivity contribution in [1.29, 1.82) is 5.26 Å². The van der Waals surface area contributed by atoms with Crippen molar-refractivity contribution in [1.82, 2.24) is 10.6 Å². The topological polar surface area (TPSA) is 135 Å². The fraction of sp³-hybridized carbons (Fsp3) is 0.800. The minimum atomic E-state index is -0.741. The van der Waals surface area contributed by atoms with Gasteiger partial charge in [-0.05, 0) is 66.2 Å². The average Bonchev–Trinajstić information content (AvgIpc) is 2.62. The lowest BCUT2D eigenvalue weighted by Gasteiger charge is -2.29. The molecule has 0 saturated heterocycles. The molecule has 2 aliphatic carbocycles. The van der Waals surface area contributed by atoms with E-state index in [1.165, 1.54) is 19.3 Å². The second-order valence-corrected chi connectivity index (χ2v) is 11.1. The van der Waals surface area contributed by atoms with Crippen LogP contribution in [0, 0.1) is 23.2 Å². The molecule has 2 saturated carbocycles. The van der Waals surface area contributed by atoms with Crippen LogP contribution in [-0.4, -0.2) is 47.5 Å². The van der Waals surface area contributed by atoms with Crippen LogP contribution in [0.15, 0.2) is 0 Å². The lowest BCUT2D eigenvalue weighted by atomic mass is 9.80. The largest absolute Gasteiger partial charge is 0.444 e. The number of nitrogens with zero attached hydrogens (tertiary/aromatic N) is 1. The second-order valence-electron chi connectivity index (χ2n) is 11.1. The summed E-state index contributed by atoms with van der Waals surface area (Å²) in [6.45, 7) is 10.6. The van der Waals surface area contributed by atoms with E-state index in [-0.39, 0.29) is 0 Å². The molecular formula is C25H41N3O6. The smallest absolute Gasteiger partial charge is 0.408 e. The predicted octanol–water partition coefficient (Wildman–Crippen LogP) is 4.43. The van der Waals surface area contributed by atoms with Crippen LogP contribution < -0.4 is 10.6 Å². The van der Waals surface area contributed by atoms with E-state index in [1.807, 2.05) is 0 Å². The standard InChI is InChI=1S/C13H20N2O3.C12H21NO3/c1-13(2,3)18-12(17)15-10(11(16)8-14)7-9-5-4-6-9;1-12(2,3)16-11(15)13-10(8-14)7-9-5-4-6-9/h9-10H,4-7H2,1-3H3,(H,15,17);8-10H,4-7H2,1-3H3,(H,13,15). The maximum absolute atomic E-state index is 11.6. The number of amides is 2. The highest BCUT2D eigenvalue weighted by Gasteiger charge is 2.29. The fourth-order valence-corrected chi connectivity index (χ4v) is 3.52. The first-order valence-corrected chi connectivity index (χ1v) is 12.1. The van der Waals surface area contributed by atoms with E-state index in [0.717, 1.165) is 32.0 Å². The van der Waals surface area contributed by atoms with E-state index < -0.39 is 41.3 Å². The van der Waals surface area contributed by atoms with Gasteiger partial charge in [-0.1, -0.05) is 38.5 Å². The van der Waals surface area contributed by atoms with Crippen LogP contribution in [0.25, 0.3) is 0 Å². The zero-order valence-corrected chi connectivity index (χ0v) is 21.4. The van der Waals surface area contributed by atoms with Gasteiger partial charge in [-0.15, -0.1) is 0 Å². The molecule has 0 spiro atoms. The molecule has 2 rings (SSSR count). The van der Waals surface area contributed by atoms with E-state index in [2.05, 4.69) is 10.6 Å². The summed E-state index contributed by atoms with van der Waals surface area (Å²) < 4.78 is 10.2. The molecule has 9 heteroatoms. The molecule has 2 amide bonds. The van der Waals surface area contributed by atoms with Gasteiger partial charge in [-0.3, -0.25) is 4.79 Å². The van der Waals surface area contributed by atoms with Crippen LogP contribution in [0.5, 0.6) is 0 Å². The summed E-state index contributed by atoms with van der Waals surface area (Å²) in [6, 6.07) is 0.434. The number of carbonyl (C=O) groups is 4. The van der Waals surface area contributed by atoms with Crippen LogP contribution in [0.3, 0.4) is 0 Å². The number of hydrogen-bond acceptors (Lipinski definition) is 7. The van der Waals surface area contributed by atoms with Gasteiger partial charge in [-0.2, -0.15) is 5.26 Å². The SMILES string of the molecule is CC(C)(C)OC(=O)NC(C=O)CC1CCC1.CC(C)(C)OC(=O)NC(CC1CCC1)C(=O)C#N. The third kappa shape index (κ3) is 12.6. The monoisotopic (exact) mass is 479 g/mol. The van der Waals surface area contributed by atoms with Crippen LogP contribution in [0.2, 0.25) is 0 Å². The fourth-order valence-electron chi connectivity index (χ4n) is 3.52. The van der Waals surface area contributed by atoms with Crippen molar-refractivity contribution in [2.75, 3.05) is 0 Å². The normalized spacial score (nSPS) is 17.8. The summed E-state index contributed by atoms with van der Waals surface area (Å²) in [4.78, 5) is 45.3. The third-order valence-electron chi connectivity index (χ3n) is 5.59. The highest BCUT2D eigenvalue weighted by molar-refractivity contribution is 5.99. The van der Waals surface area contributed by atoms with Gasteiger partial charge >= 0.3 is 12.2 Å². The molecule has 2 N–H and O–H groups in total. The van der Waals surface area contributed by atoms with Crippen molar-refractivity contribution in [2.45, 2.75) is 116 Å². The molecule has 0 heterocycles. The molecule has 192 valence electrons. The Morgan fingerprint density at radius 2 is 1.32 bits per heavy atom. The number of alkyl carbamates (subject to hydrolysis) is 2. The molecule has 0 bridgehead atoms. The Balaban J connectivity index is 0.000000342. The van der Waals surface area contributed by atoms with Crippen molar-refractivity contribution in [2.24, 2.45) is 11.8 Å². The number of hydrogen-bond donors (Lipinski definition) is 2. The highest BCUT2D eigenvalue weighted by atomic mass is 16.6. The molecular weight excluding hydrogens is 438 g/mol. The zero-order valence-electron chi connectivity index (χ0n) is 21.4. The summed E-state index contributed by atoms with van der Waals surface area (Å²) in [6.07, 6.45) is 7.76. The highest BCUT2D eigenvalue weighted by Crippen LogP contribution is 2.31. The lowest BCUT2D eigenvalue weighted by molar-refractivity contribution is -0.116. The van der Waals surface area contributed by atoms with Gasteiger partial charge in [0.25, 0.3) is 5.78 Å². The Bertz CT molecular complexity index is 739. The molecule has 34 heavy (non-hydrogen) atoms. The summed E-state index contributed by atoms with van der Waals surface area (Å²) >= 11 is 0. The number of nitriles is 1. The molecule has 0 aliphatic heterocycles. The molecule has 2 atom stereocenters. The van der Waals surface area contributed by atoms with E-state index in [0.29, 0.717) is 18.3 Å². The van der Waals surface area contributed by atoms with Gasteiger partial charge in [0.15, 0.2) is 0 Å². The first-order valence-electron chi connectivity index (χ1n) is 12.1. The number of carbonyl (C=O) groups excluding carboxylic acids is 4. The number of Topliss-reactive ketones (excluding diaryl/α,β-unsaturated/α-hetero) is 1. The summed E-state index contributed by atoms with van der Waals surface area (Å²) in [5.41, 5.74) is -1.13. The maximum Gasteiger partial charge on any atom is 0.408 e. The second kappa shape index (κ2) is 13.3. The third-order valence-corrected chi connectivity index (χ3v) is 5.59. The van der Waals surface area contributed by atoms with Gasteiger partial charge in [0.2, 0.25) is 0 Å². The Morgan fingerprint density at radius 3 is 1.68 bits per heavy atom. The van der Waals surface area contributed by atoms with Gasteiger partial charge < -0.3 is 24.9 Å². The van der Waals surface area contributed by atoms with Crippen molar-refractivity contribution in [3.63, 3.8) is 0 Å². The Labute approximate surface area is 203 Å². The van der Waals surface area contributed by atoms with Gasteiger partial charge in [0.1, 0.15) is 29.6 Å². The van der Waals surface area contributed by atoms with Crippen LogP contribution >= 0.6 is 0 Å². The van der Waals surface area contributed by atoms with Crippen molar-refractivity contribution in [3.8, 4) is 6.07 Å². The minimum Gasteiger partial charge on any atom is -0.444 e. The zero-order chi connectivity index (χ0) is 25.9. The van der Waals surface area contributed by atoms with E-state index in [4.69, 9.17) is 14.7 Å². The lowest BCUT2D eigenvalue weighted by Crippen LogP contribution is -2.44. The van der Waals surface area contributed by atoms with E-state index in [9.17, 15) is 19.2 Å². The molecule has 2 aliphatic rings. The summed E-state index contributed by atoms with van der Waals surface area (Å²) in [5.74, 6) is 0.417. The van der Waals surface area contributed by atoms with Crippen molar-refractivity contribution < 1.29 is 28.7 Å². The first-order chi connectivity index (χ1) is 15.7. The number of ketones is 1. The van der Waals surface area contributed by atoms with Crippen LogP contribution in [0.1, 0.15) is 92.9 Å². The molecule has 9 nitrogen and oxygen atoms in total. The minimum absolute atomic E-state index is 0.403. The van der Waals surface area contributed by atoms with Gasteiger partial charge in [0.05, 0.1) is 6.04 Å². The molecule has 2 fully saturated rings. The Hall–Kier alpha value is -2.63. The maximum atomic E-state index is 11.6. The predicted molar refractivity (Wildman–Crippen MR) is 127 cm³/mol. The Morgan fingerprint density at radius 1 is 0.882 bits per heavy atom. The van der Waals surface area contributed by atoms with Crippen LogP contribution in [0.4, 0.5) is 9.59 Å². The van der Waals surface area contributed by atoms with Crippen LogP contribution in [-0.2, 0) is 19.1 Å². The van der Waals surface area contributed by atoms with Crippen molar-refractivity contribution >= 4 is 24.3 Å². The van der Waals surface area contributed by atoms with E-state index in [1.54, 1.807) is 47.6 Å². The molecule has 2 unspecified atom stereocenters.